The van der Waals surface area contributed by atoms with Gasteiger partial charge in [0, 0.05) is 13.1 Å². The Kier molecular flexibility index (Phi) is 6.74. The number of rotatable bonds is 8. The zero-order chi connectivity index (χ0) is 21.5. The zero-order valence-electron chi connectivity index (χ0n) is 16.9. The number of amides is 1. The molecule has 1 aromatic heterocycles. The first-order valence-electron chi connectivity index (χ1n) is 9.40. The first-order valence-corrected chi connectivity index (χ1v) is 9.40. The van der Waals surface area contributed by atoms with E-state index in [-0.39, 0.29) is 12.6 Å². The molecule has 30 heavy (non-hydrogen) atoms. The second-order valence-corrected chi connectivity index (χ2v) is 6.50. The van der Waals surface area contributed by atoms with Crippen LogP contribution in [0.3, 0.4) is 0 Å². The third-order valence-electron chi connectivity index (χ3n) is 4.52. The Hall–Kier alpha value is -3.75. The summed E-state index contributed by atoms with van der Waals surface area (Å²) in [6, 6.07) is 12.6. The van der Waals surface area contributed by atoms with Crippen molar-refractivity contribution in [1.82, 2.24) is 14.9 Å². The fourth-order valence-corrected chi connectivity index (χ4v) is 3.07. The van der Waals surface area contributed by atoms with Crippen LogP contribution in [0.25, 0.3) is 11.0 Å². The number of nitrogen functional groups attached to an aromatic ring is 1. The summed E-state index contributed by atoms with van der Waals surface area (Å²) in [4.78, 5) is 28.0. The van der Waals surface area contributed by atoms with Crippen LogP contribution in [0, 0.1) is 0 Å². The fraction of sp³-hybridized carbons (Fsp3) is 0.286. The van der Waals surface area contributed by atoms with Crippen LogP contribution >= 0.6 is 0 Å². The van der Waals surface area contributed by atoms with Crippen LogP contribution in [0.5, 0.6) is 5.75 Å². The molecule has 0 aliphatic rings. The maximum atomic E-state index is 11.8. The summed E-state index contributed by atoms with van der Waals surface area (Å²) in [7, 11) is 2.82. The van der Waals surface area contributed by atoms with Gasteiger partial charge >= 0.3 is 12.1 Å². The number of nitrogens with zero attached hydrogens (tertiary/aromatic N) is 2. The molecule has 1 amide bonds. The minimum absolute atomic E-state index is 0.214. The molecule has 0 saturated carbocycles. The highest BCUT2D eigenvalue weighted by molar-refractivity contribution is 5.96. The lowest BCUT2D eigenvalue weighted by Gasteiger charge is -2.11. The zero-order valence-corrected chi connectivity index (χ0v) is 16.9. The highest BCUT2D eigenvalue weighted by Gasteiger charge is 2.17. The standard InChI is InChI=1S/C21H24N4O5/c1-28-17-12-15(19(26)29-2)11-16-18(17)25(20(22)24-16)10-6-9-23-21(27)30-13-14-7-4-3-5-8-14/h3-5,7-8,11-12H,6,9-10,13H2,1-2H3,(H2,22,24)(H,23,27). The number of anilines is 1. The van der Waals surface area contributed by atoms with Crippen LogP contribution in [0.4, 0.5) is 10.7 Å². The second-order valence-electron chi connectivity index (χ2n) is 6.50. The molecule has 3 rings (SSSR count). The molecule has 0 spiro atoms. The number of carbonyl (C=O) groups excluding carboxylic acids is 2. The monoisotopic (exact) mass is 412 g/mol. The molecule has 0 bridgehead atoms. The van der Waals surface area contributed by atoms with Crippen molar-refractivity contribution in [2.75, 3.05) is 26.5 Å². The quantitative estimate of drug-likeness (QED) is 0.431. The van der Waals surface area contributed by atoms with Crippen LogP contribution in [0.1, 0.15) is 22.3 Å². The number of hydrogen-bond donors (Lipinski definition) is 2. The number of carbonyl (C=O) groups is 2. The molecule has 0 unspecified atom stereocenters. The van der Waals surface area contributed by atoms with Gasteiger partial charge in [-0.2, -0.15) is 0 Å². The summed E-state index contributed by atoms with van der Waals surface area (Å²) in [5.74, 6) is 0.269. The van der Waals surface area contributed by atoms with E-state index in [0.29, 0.717) is 41.9 Å². The Morgan fingerprint density at radius 1 is 1.17 bits per heavy atom. The summed E-state index contributed by atoms with van der Waals surface area (Å²) in [6.45, 7) is 1.11. The molecule has 0 atom stereocenters. The molecule has 1 heterocycles. The molecule has 9 nitrogen and oxygen atoms in total. The van der Waals surface area contributed by atoms with E-state index >= 15 is 0 Å². The normalized spacial score (nSPS) is 10.6. The van der Waals surface area contributed by atoms with E-state index < -0.39 is 12.1 Å². The summed E-state index contributed by atoms with van der Waals surface area (Å²) >= 11 is 0. The number of aromatic nitrogens is 2. The molecule has 3 N–H and O–H groups in total. The number of ether oxygens (including phenoxy) is 3. The molecular formula is C21H24N4O5. The van der Waals surface area contributed by atoms with Crippen LogP contribution in [0.15, 0.2) is 42.5 Å². The maximum Gasteiger partial charge on any atom is 0.407 e. The van der Waals surface area contributed by atoms with E-state index in [0.717, 1.165) is 5.56 Å². The van der Waals surface area contributed by atoms with Crippen LogP contribution in [-0.2, 0) is 22.6 Å². The van der Waals surface area contributed by atoms with Gasteiger partial charge in [-0.25, -0.2) is 14.6 Å². The van der Waals surface area contributed by atoms with E-state index in [2.05, 4.69) is 10.3 Å². The number of fused-ring (bicyclic) bond motifs is 1. The number of aryl methyl sites for hydroxylation is 1. The molecule has 0 aliphatic heterocycles. The number of hydrogen-bond acceptors (Lipinski definition) is 7. The van der Waals surface area contributed by atoms with Crippen LogP contribution < -0.4 is 15.8 Å². The lowest BCUT2D eigenvalue weighted by Crippen LogP contribution is -2.26. The predicted octanol–water partition coefficient (Wildman–Crippen LogP) is 2.73. The van der Waals surface area contributed by atoms with Gasteiger partial charge in [-0.1, -0.05) is 30.3 Å². The highest BCUT2D eigenvalue weighted by Crippen LogP contribution is 2.30. The summed E-state index contributed by atoms with van der Waals surface area (Å²) in [6.07, 6.45) is 0.112. The van der Waals surface area contributed by atoms with Gasteiger partial charge in [-0.3, -0.25) is 0 Å². The molecule has 0 saturated heterocycles. The summed E-state index contributed by atoms with van der Waals surface area (Å²) < 4.78 is 17.1. The molecule has 3 aromatic rings. The number of esters is 1. The Bertz CT molecular complexity index is 1030. The Labute approximate surface area is 173 Å². The third kappa shape index (κ3) is 4.80. The predicted molar refractivity (Wildman–Crippen MR) is 111 cm³/mol. The van der Waals surface area contributed by atoms with Gasteiger partial charge < -0.3 is 29.8 Å². The number of methoxy groups -OCH3 is 2. The van der Waals surface area contributed by atoms with Crippen molar-refractivity contribution in [2.45, 2.75) is 19.6 Å². The van der Waals surface area contributed by atoms with Gasteiger partial charge in [0.25, 0.3) is 0 Å². The number of benzene rings is 2. The van der Waals surface area contributed by atoms with Crippen molar-refractivity contribution in [2.24, 2.45) is 0 Å². The van der Waals surface area contributed by atoms with Crippen LogP contribution in [-0.4, -0.2) is 42.4 Å². The average molecular weight is 412 g/mol. The average Bonchev–Trinajstić information content (AvgIpc) is 3.09. The molecule has 0 aliphatic carbocycles. The highest BCUT2D eigenvalue weighted by atomic mass is 16.5. The second kappa shape index (κ2) is 9.64. The van der Waals surface area contributed by atoms with E-state index in [1.807, 2.05) is 30.3 Å². The SMILES string of the molecule is COC(=O)c1cc(OC)c2c(c1)nc(N)n2CCCNC(=O)OCc1ccccc1. The van der Waals surface area contributed by atoms with E-state index in [1.165, 1.54) is 14.2 Å². The van der Waals surface area contributed by atoms with Gasteiger partial charge in [0.1, 0.15) is 17.9 Å². The molecule has 158 valence electrons. The number of nitrogens with one attached hydrogen (secondary N) is 1. The Morgan fingerprint density at radius 3 is 2.63 bits per heavy atom. The minimum Gasteiger partial charge on any atom is -0.494 e. The van der Waals surface area contributed by atoms with E-state index in [4.69, 9.17) is 19.9 Å². The topological polar surface area (TPSA) is 118 Å². The maximum absolute atomic E-state index is 11.8. The Morgan fingerprint density at radius 2 is 1.93 bits per heavy atom. The molecule has 9 heteroatoms. The van der Waals surface area contributed by atoms with Gasteiger partial charge in [0.2, 0.25) is 5.95 Å². The van der Waals surface area contributed by atoms with Crippen molar-refractivity contribution in [3.63, 3.8) is 0 Å². The lowest BCUT2D eigenvalue weighted by molar-refractivity contribution is 0.0600. The first kappa shape index (κ1) is 21.0. The smallest absolute Gasteiger partial charge is 0.407 e. The van der Waals surface area contributed by atoms with Crippen molar-refractivity contribution in [3.8, 4) is 5.75 Å². The number of alkyl carbamates (subject to hydrolysis) is 1. The molecule has 0 fully saturated rings. The van der Waals surface area contributed by atoms with Crippen molar-refractivity contribution in [3.05, 3.63) is 53.6 Å². The molecule has 2 aromatic carbocycles. The largest absolute Gasteiger partial charge is 0.494 e. The van der Waals surface area contributed by atoms with Crippen molar-refractivity contribution >= 4 is 29.0 Å². The van der Waals surface area contributed by atoms with Gasteiger partial charge in [-0.05, 0) is 24.1 Å². The van der Waals surface area contributed by atoms with E-state index in [9.17, 15) is 9.59 Å². The summed E-state index contributed by atoms with van der Waals surface area (Å²) in [5.41, 5.74) is 8.51. The first-order chi connectivity index (χ1) is 14.5. The van der Waals surface area contributed by atoms with Gasteiger partial charge in [0.05, 0.1) is 25.3 Å². The van der Waals surface area contributed by atoms with Crippen molar-refractivity contribution < 1.29 is 23.8 Å². The number of imidazole rings is 1. The van der Waals surface area contributed by atoms with Gasteiger partial charge in [0.15, 0.2) is 0 Å². The minimum atomic E-state index is -0.485. The van der Waals surface area contributed by atoms with Crippen molar-refractivity contribution in [1.29, 1.82) is 0 Å². The fourth-order valence-electron chi connectivity index (χ4n) is 3.07. The molecule has 0 radical (unpaired) electrons. The lowest BCUT2D eigenvalue weighted by atomic mass is 10.2. The Balaban J connectivity index is 1.60. The van der Waals surface area contributed by atoms with E-state index in [1.54, 1.807) is 16.7 Å². The van der Waals surface area contributed by atoms with Crippen LogP contribution in [0.2, 0.25) is 0 Å². The number of nitrogens with two attached hydrogens (primary N) is 1. The molecular weight excluding hydrogens is 388 g/mol. The van der Waals surface area contributed by atoms with Gasteiger partial charge in [-0.15, -0.1) is 0 Å². The third-order valence-corrected chi connectivity index (χ3v) is 4.52. The summed E-state index contributed by atoms with van der Waals surface area (Å²) in [5, 5.41) is 2.71.